The molecule has 0 unspecified atom stereocenters. The van der Waals surface area contributed by atoms with Gasteiger partial charge in [-0.3, -0.25) is 0 Å². The number of rotatable bonds is 6. The van der Waals surface area contributed by atoms with Crippen molar-refractivity contribution in [3.05, 3.63) is 42.5 Å². The van der Waals surface area contributed by atoms with Gasteiger partial charge in [-0.05, 0) is 37.5 Å². The van der Waals surface area contributed by atoms with E-state index < -0.39 is 26.3 Å². The molecule has 1 aliphatic carbocycles. The Morgan fingerprint density at radius 1 is 1.44 bits per heavy atom. The van der Waals surface area contributed by atoms with Gasteiger partial charge in [0.15, 0.2) is 5.82 Å². The molecule has 1 heterocycles. The van der Waals surface area contributed by atoms with Crippen molar-refractivity contribution in [3.8, 4) is 11.5 Å². The van der Waals surface area contributed by atoms with Crippen molar-refractivity contribution < 1.29 is 17.3 Å². The second-order valence-electron chi connectivity index (χ2n) is 5.72. The van der Waals surface area contributed by atoms with Gasteiger partial charge in [0.05, 0.1) is 5.54 Å². The van der Waals surface area contributed by atoms with Crippen molar-refractivity contribution in [2.45, 2.75) is 29.7 Å². The van der Waals surface area contributed by atoms with E-state index in [9.17, 15) is 12.8 Å². The molecule has 3 N–H and O–H groups in total. The Labute approximate surface area is 151 Å². The van der Waals surface area contributed by atoms with Crippen LogP contribution in [0.15, 0.2) is 40.3 Å². The molecule has 0 aliphatic heterocycles. The first-order valence-corrected chi connectivity index (χ1v) is 8.88. The standard InChI is InChI=1S/C15H17FN4O3S.ClH/c1-2-8-18-24(21,22)12-9-10(4-5-11(12)16)13-19-14(20-23-13)15(17)6-3-7-15;/h2,4-5,9,18H,1,3,6-8,17H2;1H. The summed E-state index contributed by atoms with van der Waals surface area (Å²) in [6, 6.07) is 3.58. The number of benzene rings is 1. The largest absolute Gasteiger partial charge is 0.334 e. The minimum absolute atomic E-state index is 0. The van der Waals surface area contributed by atoms with Gasteiger partial charge in [-0.25, -0.2) is 17.5 Å². The molecule has 0 spiro atoms. The van der Waals surface area contributed by atoms with E-state index in [4.69, 9.17) is 10.3 Å². The maximum absolute atomic E-state index is 13.9. The molecule has 0 saturated heterocycles. The lowest BCUT2D eigenvalue weighted by atomic mass is 9.77. The molecule has 3 rings (SSSR count). The lowest BCUT2D eigenvalue weighted by Gasteiger charge is -2.34. The molecule has 10 heteroatoms. The highest BCUT2D eigenvalue weighted by atomic mass is 35.5. The molecule has 0 atom stereocenters. The molecular weight excluding hydrogens is 371 g/mol. The van der Waals surface area contributed by atoms with Crippen LogP contribution in [0.1, 0.15) is 25.1 Å². The zero-order valence-electron chi connectivity index (χ0n) is 13.2. The van der Waals surface area contributed by atoms with Crippen molar-refractivity contribution >= 4 is 22.4 Å². The van der Waals surface area contributed by atoms with E-state index in [2.05, 4.69) is 21.4 Å². The van der Waals surface area contributed by atoms with Crippen molar-refractivity contribution in [2.24, 2.45) is 5.73 Å². The molecule has 136 valence electrons. The first-order chi connectivity index (χ1) is 11.4. The van der Waals surface area contributed by atoms with Crippen LogP contribution in [0.25, 0.3) is 11.5 Å². The molecule has 1 saturated carbocycles. The summed E-state index contributed by atoms with van der Waals surface area (Å²) in [5, 5.41) is 3.87. The SMILES string of the molecule is C=CCNS(=O)(=O)c1cc(-c2nc(C3(N)CCC3)no2)ccc1F.Cl. The number of sulfonamides is 1. The molecule has 0 radical (unpaired) electrons. The molecule has 1 aromatic carbocycles. The van der Waals surface area contributed by atoms with Crippen LogP contribution in [-0.4, -0.2) is 25.1 Å². The predicted molar refractivity (Wildman–Crippen MR) is 92.0 cm³/mol. The van der Waals surface area contributed by atoms with Gasteiger partial charge >= 0.3 is 0 Å². The summed E-state index contributed by atoms with van der Waals surface area (Å²) < 4.78 is 45.6. The summed E-state index contributed by atoms with van der Waals surface area (Å²) in [7, 11) is -4.01. The number of nitrogens with one attached hydrogen (secondary N) is 1. The van der Waals surface area contributed by atoms with Gasteiger partial charge in [0.25, 0.3) is 5.89 Å². The predicted octanol–water partition coefficient (Wildman–Crippen LogP) is 2.10. The van der Waals surface area contributed by atoms with E-state index in [-0.39, 0.29) is 24.8 Å². The molecule has 0 amide bonds. The van der Waals surface area contributed by atoms with Crippen molar-refractivity contribution in [3.63, 3.8) is 0 Å². The molecule has 2 aromatic rings. The molecule has 0 bridgehead atoms. The maximum Gasteiger partial charge on any atom is 0.258 e. The van der Waals surface area contributed by atoms with Crippen molar-refractivity contribution in [1.29, 1.82) is 0 Å². The Hall–Kier alpha value is -1.81. The molecule has 7 nitrogen and oxygen atoms in total. The third-order valence-corrected chi connectivity index (χ3v) is 5.44. The summed E-state index contributed by atoms with van der Waals surface area (Å²) in [4.78, 5) is 3.74. The summed E-state index contributed by atoms with van der Waals surface area (Å²) in [6.45, 7) is 3.41. The van der Waals surface area contributed by atoms with E-state index >= 15 is 0 Å². The van der Waals surface area contributed by atoms with Gasteiger partial charge < -0.3 is 10.3 Å². The molecular formula is C15H18ClFN4O3S. The molecule has 25 heavy (non-hydrogen) atoms. The Bertz CT molecular complexity index is 881. The molecule has 1 aromatic heterocycles. The van der Waals surface area contributed by atoms with Crippen LogP contribution in [0.5, 0.6) is 0 Å². The van der Waals surface area contributed by atoms with Gasteiger partial charge in [-0.15, -0.1) is 19.0 Å². The number of nitrogens with zero attached hydrogens (tertiary/aromatic N) is 2. The van der Waals surface area contributed by atoms with Gasteiger partial charge in [0.1, 0.15) is 10.7 Å². The second-order valence-corrected chi connectivity index (χ2v) is 7.45. The first kappa shape index (κ1) is 19.5. The van der Waals surface area contributed by atoms with E-state index in [1.807, 2.05) is 0 Å². The van der Waals surface area contributed by atoms with Crippen LogP contribution < -0.4 is 10.5 Å². The topological polar surface area (TPSA) is 111 Å². The van der Waals surface area contributed by atoms with E-state index in [0.29, 0.717) is 11.4 Å². The Balaban J connectivity index is 0.00000225. The maximum atomic E-state index is 13.9. The lowest BCUT2D eigenvalue weighted by Crippen LogP contribution is -2.44. The lowest BCUT2D eigenvalue weighted by molar-refractivity contribution is 0.229. The highest BCUT2D eigenvalue weighted by Crippen LogP contribution is 2.37. The van der Waals surface area contributed by atoms with E-state index in [1.54, 1.807) is 0 Å². The third-order valence-electron chi connectivity index (χ3n) is 4.00. The van der Waals surface area contributed by atoms with Gasteiger partial charge in [-0.2, -0.15) is 4.98 Å². The smallest absolute Gasteiger partial charge is 0.258 e. The number of hydrogen-bond donors (Lipinski definition) is 2. The quantitative estimate of drug-likeness (QED) is 0.733. The van der Waals surface area contributed by atoms with E-state index in [1.165, 1.54) is 12.1 Å². The average molecular weight is 389 g/mol. The third kappa shape index (κ3) is 3.74. The highest BCUT2D eigenvalue weighted by Gasteiger charge is 2.39. The zero-order valence-corrected chi connectivity index (χ0v) is 14.9. The fourth-order valence-corrected chi connectivity index (χ4v) is 3.51. The number of halogens is 2. The fraction of sp³-hybridized carbons (Fsp3) is 0.333. The van der Waals surface area contributed by atoms with Crippen molar-refractivity contribution in [1.82, 2.24) is 14.9 Å². The minimum Gasteiger partial charge on any atom is -0.334 e. The van der Waals surface area contributed by atoms with Crippen LogP contribution >= 0.6 is 12.4 Å². The normalized spacial score (nSPS) is 15.9. The fourth-order valence-electron chi connectivity index (χ4n) is 2.41. The van der Waals surface area contributed by atoms with E-state index in [0.717, 1.165) is 31.4 Å². The Kier molecular flexibility index (Phi) is 5.62. The Morgan fingerprint density at radius 3 is 2.76 bits per heavy atom. The summed E-state index contributed by atoms with van der Waals surface area (Å²) in [5.41, 5.74) is 5.84. The van der Waals surface area contributed by atoms with Crippen LogP contribution in [0.2, 0.25) is 0 Å². The summed E-state index contributed by atoms with van der Waals surface area (Å²) in [5.74, 6) is -0.395. The van der Waals surface area contributed by atoms with Gasteiger partial charge in [0.2, 0.25) is 10.0 Å². The second kappa shape index (κ2) is 7.20. The monoisotopic (exact) mass is 388 g/mol. The minimum atomic E-state index is -4.01. The summed E-state index contributed by atoms with van der Waals surface area (Å²) >= 11 is 0. The van der Waals surface area contributed by atoms with Gasteiger partial charge in [0, 0.05) is 12.1 Å². The summed E-state index contributed by atoms with van der Waals surface area (Å²) in [6.07, 6.45) is 3.89. The number of aromatic nitrogens is 2. The van der Waals surface area contributed by atoms with Crippen molar-refractivity contribution in [2.75, 3.05) is 6.54 Å². The van der Waals surface area contributed by atoms with Crippen LogP contribution in [-0.2, 0) is 15.6 Å². The average Bonchev–Trinajstić information content (AvgIpc) is 3.01. The first-order valence-electron chi connectivity index (χ1n) is 7.39. The molecule has 1 fully saturated rings. The Morgan fingerprint density at radius 2 is 2.16 bits per heavy atom. The van der Waals surface area contributed by atoms with Gasteiger partial charge in [-0.1, -0.05) is 11.2 Å². The van der Waals surface area contributed by atoms with Crippen LogP contribution in [0.4, 0.5) is 4.39 Å². The zero-order chi connectivity index (χ0) is 17.4. The van der Waals surface area contributed by atoms with Crippen LogP contribution in [0.3, 0.4) is 0 Å². The molecule has 1 aliphatic rings. The highest BCUT2D eigenvalue weighted by molar-refractivity contribution is 7.89. The number of nitrogens with two attached hydrogens (primary N) is 1. The number of hydrogen-bond acceptors (Lipinski definition) is 6. The van der Waals surface area contributed by atoms with Crippen LogP contribution in [0, 0.1) is 5.82 Å².